The van der Waals surface area contributed by atoms with Crippen molar-refractivity contribution in [2.45, 2.75) is 43.9 Å². The maximum atomic E-state index is 10.9. The van der Waals surface area contributed by atoms with Crippen molar-refractivity contribution in [2.24, 2.45) is 0 Å². The van der Waals surface area contributed by atoms with Crippen LogP contribution in [0.4, 0.5) is 4.79 Å². The zero-order valence-electron chi connectivity index (χ0n) is 10.4. The lowest BCUT2D eigenvalue weighted by Crippen LogP contribution is -2.43. The molecule has 0 bridgehead atoms. The van der Waals surface area contributed by atoms with Gasteiger partial charge in [0.2, 0.25) is 5.89 Å². The molecule has 6 heteroatoms. The van der Waals surface area contributed by atoms with Gasteiger partial charge in [-0.1, -0.05) is 12.1 Å². The first-order valence-electron chi connectivity index (χ1n) is 6.40. The molecule has 2 aliphatic rings. The highest BCUT2D eigenvalue weighted by Crippen LogP contribution is 2.40. The molecule has 2 fully saturated rings. The van der Waals surface area contributed by atoms with E-state index < -0.39 is 6.09 Å². The number of carboxylic acid groups (broad SMARTS) is 1. The van der Waals surface area contributed by atoms with Crippen molar-refractivity contribution in [3.05, 3.63) is 11.7 Å². The van der Waals surface area contributed by atoms with Crippen LogP contribution in [0.3, 0.4) is 0 Å². The summed E-state index contributed by atoms with van der Waals surface area (Å²) < 4.78 is 5.29. The van der Waals surface area contributed by atoms with E-state index in [1.165, 1.54) is 4.90 Å². The zero-order chi connectivity index (χ0) is 12.8. The molecule has 0 spiro atoms. The van der Waals surface area contributed by atoms with Gasteiger partial charge in [-0.3, -0.25) is 0 Å². The minimum Gasteiger partial charge on any atom is -0.465 e. The second-order valence-corrected chi connectivity index (χ2v) is 5.56. The Morgan fingerprint density at radius 2 is 2.11 bits per heavy atom. The Labute approximate surface area is 105 Å². The molecule has 18 heavy (non-hydrogen) atoms. The third-order valence-corrected chi connectivity index (χ3v) is 4.05. The van der Waals surface area contributed by atoms with E-state index in [-0.39, 0.29) is 5.41 Å². The van der Waals surface area contributed by atoms with Gasteiger partial charge in [-0.25, -0.2) is 4.79 Å². The van der Waals surface area contributed by atoms with Gasteiger partial charge in [-0.2, -0.15) is 4.98 Å². The summed E-state index contributed by atoms with van der Waals surface area (Å²) in [5.41, 5.74) is -0.150. The highest BCUT2D eigenvalue weighted by atomic mass is 16.5. The number of hydrogen-bond acceptors (Lipinski definition) is 4. The first kappa shape index (κ1) is 11.5. The number of carbonyl (C=O) groups is 1. The van der Waals surface area contributed by atoms with Gasteiger partial charge in [-0.05, 0) is 25.7 Å². The van der Waals surface area contributed by atoms with E-state index in [0.29, 0.717) is 19.0 Å². The molecule has 2 heterocycles. The van der Waals surface area contributed by atoms with Crippen LogP contribution in [0, 0.1) is 0 Å². The van der Waals surface area contributed by atoms with Crippen molar-refractivity contribution in [3.8, 4) is 0 Å². The van der Waals surface area contributed by atoms with Crippen LogP contribution in [-0.2, 0) is 5.41 Å². The van der Waals surface area contributed by atoms with Crippen LogP contribution in [-0.4, -0.2) is 39.3 Å². The van der Waals surface area contributed by atoms with Crippen LogP contribution in [0.15, 0.2) is 4.52 Å². The van der Waals surface area contributed by atoms with E-state index in [9.17, 15) is 4.79 Å². The Balaban J connectivity index is 1.72. The third-order valence-electron chi connectivity index (χ3n) is 4.05. The van der Waals surface area contributed by atoms with Gasteiger partial charge in [0.05, 0.1) is 0 Å². The Bertz CT molecular complexity index is 459. The minimum absolute atomic E-state index is 0.150. The number of amides is 1. The maximum absolute atomic E-state index is 10.9. The number of likely N-dealkylation sites (tertiary alicyclic amines) is 1. The summed E-state index contributed by atoms with van der Waals surface area (Å²) in [5.74, 6) is 1.97. The maximum Gasteiger partial charge on any atom is 0.407 e. The average Bonchev–Trinajstić information content (AvgIpc) is 3.07. The number of rotatable bonds is 2. The van der Waals surface area contributed by atoms with Crippen molar-refractivity contribution in [1.82, 2.24) is 15.0 Å². The zero-order valence-corrected chi connectivity index (χ0v) is 10.4. The molecular formula is C12H17N3O3. The molecule has 6 nitrogen and oxygen atoms in total. The molecule has 1 aliphatic heterocycles. The van der Waals surface area contributed by atoms with Gasteiger partial charge in [0.15, 0.2) is 5.82 Å². The van der Waals surface area contributed by atoms with Gasteiger partial charge >= 0.3 is 6.09 Å². The number of aromatic nitrogens is 2. The van der Waals surface area contributed by atoms with Gasteiger partial charge in [0, 0.05) is 24.4 Å². The lowest BCUT2D eigenvalue weighted by molar-refractivity contribution is 0.117. The normalized spacial score (nSPS) is 23.1. The molecule has 0 unspecified atom stereocenters. The van der Waals surface area contributed by atoms with E-state index in [1.807, 2.05) is 0 Å². The monoisotopic (exact) mass is 251 g/mol. The topological polar surface area (TPSA) is 79.5 Å². The lowest BCUT2D eigenvalue weighted by Gasteiger charge is -2.35. The Hall–Kier alpha value is -1.59. The third kappa shape index (κ3) is 1.95. The fraction of sp³-hybridized carbons (Fsp3) is 0.750. The Kier molecular flexibility index (Phi) is 2.53. The van der Waals surface area contributed by atoms with Crippen LogP contribution in [0.25, 0.3) is 0 Å². The summed E-state index contributed by atoms with van der Waals surface area (Å²) >= 11 is 0. The van der Waals surface area contributed by atoms with E-state index in [1.54, 1.807) is 0 Å². The second kappa shape index (κ2) is 3.96. The minimum atomic E-state index is -0.844. The summed E-state index contributed by atoms with van der Waals surface area (Å²) in [6.07, 6.45) is 2.95. The smallest absolute Gasteiger partial charge is 0.407 e. The van der Waals surface area contributed by atoms with Crippen LogP contribution in [0.1, 0.15) is 50.2 Å². The lowest BCUT2D eigenvalue weighted by atomic mass is 9.80. The van der Waals surface area contributed by atoms with E-state index in [4.69, 9.17) is 9.63 Å². The average molecular weight is 251 g/mol. The van der Waals surface area contributed by atoms with Crippen molar-refractivity contribution >= 4 is 6.09 Å². The molecule has 3 rings (SSSR count). The summed E-state index contributed by atoms with van der Waals surface area (Å²) in [5, 5.41) is 13.0. The molecule has 1 saturated heterocycles. The van der Waals surface area contributed by atoms with Crippen molar-refractivity contribution in [3.63, 3.8) is 0 Å². The van der Waals surface area contributed by atoms with Crippen LogP contribution < -0.4 is 0 Å². The fourth-order valence-corrected chi connectivity index (χ4v) is 2.39. The fourth-order valence-electron chi connectivity index (χ4n) is 2.39. The molecule has 1 aliphatic carbocycles. The summed E-state index contributed by atoms with van der Waals surface area (Å²) in [6, 6.07) is 0. The molecule has 1 amide bonds. The standard InChI is InChI=1S/C12H17N3O3/c1-12(4-6-15(7-5-12)11(16)17)10-13-9(18-14-10)8-2-3-8/h8H,2-7H2,1H3,(H,16,17). The molecule has 1 aromatic rings. The molecule has 0 atom stereocenters. The van der Waals surface area contributed by atoms with Gasteiger partial charge in [-0.15, -0.1) is 0 Å². The molecule has 1 N–H and O–H groups in total. The molecule has 98 valence electrons. The Morgan fingerprint density at radius 3 is 2.67 bits per heavy atom. The van der Waals surface area contributed by atoms with Gasteiger partial charge < -0.3 is 14.5 Å². The molecule has 0 aromatic carbocycles. The molecular weight excluding hydrogens is 234 g/mol. The second-order valence-electron chi connectivity index (χ2n) is 5.56. The molecule has 0 radical (unpaired) electrons. The summed E-state index contributed by atoms with van der Waals surface area (Å²) in [6.45, 7) is 3.17. The number of nitrogens with zero attached hydrogens (tertiary/aromatic N) is 3. The van der Waals surface area contributed by atoms with E-state index in [2.05, 4.69) is 17.1 Å². The SMILES string of the molecule is CC1(c2noc(C3CC3)n2)CCN(C(=O)O)CC1. The van der Waals surface area contributed by atoms with Crippen LogP contribution >= 0.6 is 0 Å². The van der Waals surface area contributed by atoms with Crippen molar-refractivity contribution in [1.29, 1.82) is 0 Å². The summed E-state index contributed by atoms with van der Waals surface area (Å²) in [7, 11) is 0. The predicted octanol–water partition coefficient (Wildman–Crippen LogP) is 1.98. The highest BCUT2D eigenvalue weighted by Gasteiger charge is 2.39. The van der Waals surface area contributed by atoms with Crippen LogP contribution in [0.5, 0.6) is 0 Å². The Morgan fingerprint density at radius 1 is 1.44 bits per heavy atom. The van der Waals surface area contributed by atoms with Crippen molar-refractivity contribution in [2.75, 3.05) is 13.1 Å². The first-order chi connectivity index (χ1) is 8.58. The largest absolute Gasteiger partial charge is 0.465 e. The molecule has 1 aromatic heterocycles. The van der Waals surface area contributed by atoms with Crippen molar-refractivity contribution < 1.29 is 14.4 Å². The summed E-state index contributed by atoms with van der Waals surface area (Å²) in [4.78, 5) is 16.8. The van der Waals surface area contributed by atoms with E-state index >= 15 is 0 Å². The number of hydrogen-bond donors (Lipinski definition) is 1. The number of piperidine rings is 1. The molecule has 1 saturated carbocycles. The highest BCUT2D eigenvalue weighted by molar-refractivity contribution is 5.65. The first-order valence-corrected chi connectivity index (χ1v) is 6.40. The van der Waals surface area contributed by atoms with E-state index in [0.717, 1.165) is 37.4 Å². The quantitative estimate of drug-likeness (QED) is 0.869. The van der Waals surface area contributed by atoms with Crippen LogP contribution in [0.2, 0.25) is 0 Å². The predicted molar refractivity (Wildman–Crippen MR) is 62.5 cm³/mol. The van der Waals surface area contributed by atoms with Gasteiger partial charge in [0.1, 0.15) is 0 Å². The van der Waals surface area contributed by atoms with Gasteiger partial charge in [0.25, 0.3) is 0 Å².